The summed E-state index contributed by atoms with van der Waals surface area (Å²) in [6.45, 7) is 0. The lowest BCUT2D eigenvalue weighted by molar-refractivity contribution is 1.29. The molecule has 0 amide bonds. The number of fused-ring (bicyclic) bond motifs is 2. The minimum absolute atomic E-state index is 0.693. The maximum absolute atomic E-state index is 5.86. The Balaban J connectivity index is 1.29. The Kier molecular flexibility index (Phi) is 3.76. The van der Waals surface area contributed by atoms with Crippen molar-refractivity contribution in [1.82, 2.24) is 29.9 Å². The third-order valence-corrected chi connectivity index (χ3v) is 5.18. The quantitative estimate of drug-likeness (QED) is 0.268. The summed E-state index contributed by atoms with van der Waals surface area (Å²) in [4.78, 5) is 23.3. The Bertz CT molecular complexity index is 1510. The third kappa shape index (κ3) is 3.16. The summed E-state index contributed by atoms with van der Waals surface area (Å²) in [5.41, 5.74) is 13.1. The molecule has 0 fully saturated rings. The molecule has 8 nitrogen and oxygen atoms in total. The molecule has 0 atom stereocenters. The molecule has 6 N–H and O–H groups in total. The van der Waals surface area contributed by atoms with Crippen LogP contribution in [0.5, 0.6) is 0 Å². The Morgan fingerprint density at radius 1 is 0.742 bits per heavy atom. The highest BCUT2D eigenvalue weighted by Gasteiger charge is 2.09. The minimum atomic E-state index is 0.693. The Hall–Kier alpha value is -4.59. The molecule has 6 aromatic rings. The second-order valence-corrected chi connectivity index (χ2v) is 7.32. The van der Waals surface area contributed by atoms with E-state index in [1.54, 1.807) is 12.4 Å². The summed E-state index contributed by atoms with van der Waals surface area (Å²) >= 11 is 0. The van der Waals surface area contributed by atoms with Crippen LogP contribution >= 0.6 is 0 Å². The van der Waals surface area contributed by atoms with Crippen molar-refractivity contribution >= 4 is 39.4 Å². The van der Waals surface area contributed by atoms with E-state index in [9.17, 15) is 0 Å². The number of rotatable bonds is 4. The number of aromatic amines is 3. The number of hydrogen-bond acceptors (Lipinski definition) is 5. The summed E-state index contributed by atoms with van der Waals surface area (Å²) in [7, 11) is 0. The van der Waals surface area contributed by atoms with Gasteiger partial charge in [-0.15, -0.1) is 0 Å². The van der Waals surface area contributed by atoms with Crippen LogP contribution in [0.25, 0.3) is 44.8 Å². The van der Waals surface area contributed by atoms with Gasteiger partial charge in [-0.05, 0) is 36.4 Å². The minimum Gasteiger partial charge on any atom is -0.399 e. The number of benzene rings is 3. The van der Waals surface area contributed by atoms with Crippen molar-refractivity contribution in [3.8, 4) is 22.8 Å². The molecule has 0 aliphatic carbocycles. The molecule has 0 spiro atoms. The smallest absolute Gasteiger partial charge is 0.204 e. The first-order chi connectivity index (χ1) is 15.2. The molecule has 0 saturated heterocycles. The van der Waals surface area contributed by atoms with Gasteiger partial charge in [0, 0.05) is 34.9 Å². The number of nitrogen functional groups attached to an aromatic ring is 1. The number of aromatic nitrogens is 6. The number of nitrogens with one attached hydrogen (secondary N) is 4. The molecule has 0 aliphatic heterocycles. The van der Waals surface area contributed by atoms with Crippen molar-refractivity contribution < 1.29 is 0 Å². The van der Waals surface area contributed by atoms with Crippen LogP contribution in [0.15, 0.2) is 73.1 Å². The van der Waals surface area contributed by atoms with E-state index >= 15 is 0 Å². The zero-order valence-electron chi connectivity index (χ0n) is 16.3. The maximum Gasteiger partial charge on any atom is 0.204 e. The van der Waals surface area contributed by atoms with Crippen LogP contribution in [0.2, 0.25) is 0 Å². The first-order valence-electron chi connectivity index (χ1n) is 9.83. The average Bonchev–Trinajstić information content (AvgIpc) is 3.53. The number of H-pyrrole nitrogens is 3. The van der Waals surface area contributed by atoms with E-state index in [-0.39, 0.29) is 0 Å². The molecule has 6 rings (SSSR count). The van der Waals surface area contributed by atoms with Gasteiger partial charge < -0.3 is 26.0 Å². The lowest BCUT2D eigenvalue weighted by Gasteiger charge is -2.01. The molecule has 3 heterocycles. The fourth-order valence-electron chi connectivity index (χ4n) is 3.64. The average molecular weight is 406 g/mol. The Morgan fingerprint density at radius 3 is 2.03 bits per heavy atom. The van der Waals surface area contributed by atoms with Crippen molar-refractivity contribution in [3.05, 3.63) is 73.1 Å². The monoisotopic (exact) mass is 406 g/mol. The number of nitrogens with zero attached hydrogens (tertiary/aromatic N) is 3. The van der Waals surface area contributed by atoms with Crippen molar-refractivity contribution in [3.63, 3.8) is 0 Å². The molecule has 0 radical (unpaired) electrons. The van der Waals surface area contributed by atoms with Crippen molar-refractivity contribution in [2.45, 2.75) is 0 Å². The standard InChI is InChI=1S/C23H18N8/c24-15-5-7-17-19(11-15)30-21(28-17)13-1-3-14(4-2-13)22-29-18-8-6-16(12-20(18)31-22)27-23-25-9-10-26-23/h1-12H,24H2,(H,28,30)(H,29,31)(H2,25,26,27). The lowest BCUT2D eigenvalue weighted by atomic mass is 10.1. The predicted octanol–water partition coefficient (Wildman–Crippen LogP) is 4.82. The molecule has 31 heavy (non-hydrogen) atoms. The normalized spacial score (nSPS) is 11.4. The summed E-state index contributed by atoms with van der Waals surface area (Å²) < 4.78 is 0. The maximum atomic E-state index is 5.86. The fourth-order valence-corrected chi connectivity index (χ4v) is 3.64. The molecule has 0 saturated carbocycles. The van der Waals surface area contributed by atoms with Gasteiger partial charge in [-0.3, -0.25) is 0 Å². The van der Waals surface area contributed by atoms with Gasteiger partial charge in [0.25, 0.3) is 0 Å². The molecule has 0 bridgehead atoms. The topological polar surface area (TPSA) is 124 Å². The molecule has 0 aliphatic rings. The van der Waals surface area contributed by atoms with E-state index in [0.717, 1.165) is 50.5 Å². The lowest BCUT2D eigenvalue weighted by Crippen LogP contribution is -1.91. The fraction of sp³-hybridized carbons (Fsp3) is 0. The van der Waals surface area contributed by atoms with E-state index in [1.165, 1.54) is 0 Å². The summed E-state index contributed by atoms with van der Waals surface area (Å²) in [5, 5.41) is 3.23. The SMILES string of the molecule is Nc1ccc2[nH]c(-c3ccc(-c4nc5cc(Nc6ncc[nH]6)ccc5[nH]4)cc3)nc2c1. The highest BCUT2D eigenvalue weighted by molar-refractivity contribution is 5.84. The summed E-state index contributed by atoms with van der Waals surface area (Å²) in [5.74, 6) is 2.32. The van der Waals surface area contributed by atoms with Gasteiger partial charge in [0.05, 0.1) is 22.1 Å². The zero-order chi connectivity index (χ0) is 20.8. The van der Waals surface area contributed by atoms with Gasteiger partial charge >= 0.3 is 0 Å². The van der Waals surface area contributed by atoms with Gasteiger partial charge in [-0.25, -0.2) is 15.0 Å². The van der Waals surface area contributed by atoms with Gasteiger partial charge in [-0.1, -0.05) is 24.3 Å². The molecule has 3 aromatic heterocycles. The molecule has 150 valence electrons. The van der Waals surface area contributed by atoms with Gasteiger partial charge in [0.2, 0.25) is 5.95 Å². The highest BCUT2D eigenvalue weighted by atomic mass is 15.1. The number of nitrogens with two attached hydrogens (primary N) is 1. The van der Waals surface area contributed by atoms with Crippen LogP contribution in [0, 0.1) is 0 Å². The second kappa shape index (κ2) is 6.74. The van der Waals surface area contributed by atoms with E-state index < -0.39 is 0 Å². The predicted molar refractivity (Wildman–Crippen MR) is 123 cm³/mol. The first kappa shape index (κ1) is 17.3. The molecule has 3 aromatic carbocycles. The largest absolute Gasteiger partial charge is 0.399 e. The Labute approximate surface area is 176 Å². The van der Waals surface area contributed by atoms with E-state index in [4.69, 9.17) is 10.7 Å². The number of hydrogen-bond donors (Lipinski definition) is 5. The third-order valence-electron chi connectivity index (χ3n) is 5.18. The molecular formula is C23H18N8. The zero-order valence-corrected chi connectivity index (χ0v) is 16.3. The second-order valence-electron chi connectivity index (χ2n) is 7.32. The van der Waals surface area contributed by atoms with Crippen LogP contribution in [0.1, 0.15) is 0 Å². The van der Waals surface area contributed by atoms with Crippen molar-refractivity contribution in [1.29, 1.82) is 0 Å². The Morgan fingerprint density at radius 2 is 1.39 bits per heavy atom. The van der Waals surface area contributed by atoms with E-state index in [2.05, 4.69) is 30.2 Å². The molecule has 0 unspecified atom stereocenters. The van der Waals surface area contributed by atoms with Crippen LogP contribution in [-0.2, 0) is 0 Å². The van der Waals surface area contributed by atoms with E-state index in [0.29, 0.717) is 11.6 Å². The van der Waals surface area contributed by atoms with Crippen molar-refractivity contribution in [2.24, 2.45) is 0 Å². The van der Waals surface area contributed by atoms with Gasteiger partial charge in [-0.2, -0.15) is 0 Å². The summed E-state index contributed by atoms with van der Waals surface area (Å²) in [6.07, 6.45) is 3.48. The molecular weight excluding hydrogens is 388 g/mol. The summed E-state index contributed by atoms with van der Waals surface area (Å²) in [6, 6.07) is 19.8. The number of imidazole rings is 3. The molecule has 8 heteroatoms. The van der Waals surface area contributed by atoms with Crippen LogP contribution in [0.4, 0.5) is 17.3 Å². The first-order valence-corrected chi connectivity index (χ1v) is 9.83. The van der Waals surface area contributed by atoms with Gasteiger partial charge in [0.1, 0.15) is 11.6 Å². The van der Waals surface area contributed by atoms with E-state index in [1.807, 2.05) is 60.7 Å². The van der Waals surface area contributed by atoms with Crippen LogP contribution in [0.3, 0.4) is 0 Å². The van der Waals surface area contributed by atoms with Gasteiger partial charge in [0.15, 0.2) is 0 Å². The highest BCUT2D eigenvalue weighted by Crippen LogP contribution is 2.27. The number of anilines is 3. The van der Waals surface area contributed by atoms with Crippen LogP contribution in [-0.4, -0.2) is 29.9 Å². The van der Waals surface area contributed by atoms with Crippen molar-refractivity contribution in [2.75, 3.05) is 11.1 Å². The van der Waals surface area contributed by atoms with Crippen LogP contribution < -0.4 is 11.1 Å².